The van der Waals surface area contributed by atoms with Crippen molar-refractivity contribution in [3.05, 3.63) is 18.2 Å². The lowest BCUT2D eigenvalue weighted by Gasteiger charge is -2.12. The van der Waals surface area contributed by atoms with Crippen molar-refractivity contribution in [2.24, 2.45) is 0 Å². The molecule has 0 unspecified atom stereocenters. The SMILES string of the molecule is CCc1ncc([B-](F)(F)F)cn1. The zero-order chi connectivity index (χ0) is 9.19. The van der Waals surface area contributed by atoms with Gasteiger partial charge in [-0.15, -0.1) is 0 Å². The van der Waals surface area contributed by atoms with Gasteiger partial charge in [-0.05, 0) is 0 Å². The summed E-state index contributed by atoms with van der Waals surface area (Å²) in [6.45, 7) is -3.16. The molecule has 1 aromatic heterocycles. The molecule has 66 valence electrons. The van der Waals surface area contributed by atoms with Gasteiger partial charge in [0.2, 0.25) is 0 Å². The molecule has 0 saturated heterocycles. The summed E-state index contributed by atoms with van der Waals surface area (Å²) in [5.74, 6) is 0.429. The number of aryl methyl sites for hydroxylation is 1. The van der Waals surface area contributed by atoms with Crippen LogP contribution in [0.25, 0.3) is 0 Å². The fourth-order valence-electron chi connectivity index (χ4n) is 0.716. The molecule has 0 aliphatic carbocycles. The van der Waals surface area contributed by atoms with Crippen molar-refractivity contribution in [1.82, 2.24) is 9.97 Å². The van der Waals surface area contributed by atoms with Gasteiger partial charge in [0.1, 0.15) is 5.82 Å². The summed E-state index contributed by atoms with van der Waals surface area (Å²) in [6, 6.07) is 0. The van der Waals surface area contributed by atoms with Crippen LogP contribution in [0.3, 0.4) is 0 Å². The molecule has 0 radical (unpaired) electrons. The molecule has 0 atom stereocenters. The smallest absolute Gasteiger partial charge is 0.445 e. The second-order valence-corrected chi connectivity index (χ2v) is 2.36. The van der Waals surface area contributed by atoms with Crippen LogP contribution in [0.15, 0.2) is 12.4 Å². The van der Waals surface area contributed by atoms with Gasteiger partial charge >= 0.3 is 6.98 Å². The average Bonchev–Trinajstić information content (AvgIpc) is 2.03. The lowest BCUT2D eigenvalue weighted by Crippen LogP contribution is -2.34. The quantitative estimate of drug-likeness (QED) is 0.628. The Morgan fingerprint density at radius 1 is 1.25 bits per heavy atom. The maximum atomic E-state index is 12.0. The molecule has 0 spiro atoms. The lowest BCUT2D eigenvalue weighted by atomic mass is 9.83. The number of halogens is 3. The second-order valence-electron chi connectivity index (χ2n) is 2.36. The zero-order valence-electron chi connectivity index (χ0n) is 6.47. The van der Waals surface area contributed by atoms with E-state index in [0.717, 1.165) is 12.4 Å². The molecule has 0 fully saturated rings. The number of aromatic nitrogens is 2. The van der Waals surface area contributed by atoms with Gasteiger partial charge in [0, 0.05) is 18.8 Å². The van der Waals surface area contributed by atoms with E-state index in [4.69, 9.17) is 0 Å². The van der Waals surface area contributed by atoms with Crippen LogP contribution >= 0.6 is 0 Å². The monoisotopic (exact) mass is 175 g/mol. The first-order valence-corrected chi connectivity index (χ1v) is 3.54. The highest BCUT2D eigenvalue weighted by Crippen LogP contribution is 2.06. The average molecular weight is 175 g/mol. The van der Waals surface area contributed by atoms with Crippen LogP contribution in [0.2, 0.25) is 0 Å². The Hall–Kier alpha value is -1.07. The number of hydrogen-bond acceptors (Lipinski definition) is 2. The minimum absolute atomic E-state index is 0.429. The Morgan fingerprint density at radius 2 is 1.75 bits per heavy atom. The highest BCUT2D eigenvalue weighted by Gasteiger charge is 2.25. The van der Waals surface area contributed by atoms with Crippen molar-refractivity contribution in [3.8, 4) is 0 Å². The molecule has 0 aromatic carbocycles. The van der Waals surface area contributed by atoms with Crippen LogP contribution in [0, 0.1) is 0 Å². The molecule has 1 rings (SSSR count). The van der Waals surface area contributed by atoms with Crippen molar-refractivity contribution in [1.29, 1.82) is 0 Å². The van der Waals surface area contributed by atoms with Gasteiger partial charge in [0.15, 0.2) is 0 Å². The molecular formula is C6H7BF3N2-. The van der Waals surface area contributed by atoms with E-state index in [2.05, 4.69) is 9.97 Å². The Labute approximate surface area is 67.9 Å². The van der Waals surface area contributed by atoms with E-state index >= 15 is 0 Å². The third kappa shape index (κ3) is 1.96. The first kappa shape index (κ1) is 9.03. The molecule has 0 aliphatic heterocycles. The number of nitrogens with zero attached hydrogens (tertiary/aromatic N) is 2. The van der Waals surface area contributed by atoms with Crippen molar-refractivity contribution in [3.63, 3.8) is 0 Å². The van der Waals surface area contributed by atoms with E-state index in [9.17, 15) is 12.9 Å². The Morgan fingerprint density at radius 3 is 2.08 bits per heavy atom. The molecule has 0 saturated carbocycles. The van der Waals surface area contributed by atoms with Gasteiger partial charge in [-0.1, -0.05) is 12.4 Å². The van der Waals surface area contributed by atoms with E-state index in [1.54, 1.807) is 6.92 Å². The van der Waals surface area contributed by atoms with E-state index in [1.807, 2.05) is 0 Å². The van der Waals surface area contributed by atoms with E-state index in [1.165, 1.54) is 0 Å². The summed E-state index contributed by atoms with van der Waals surface area (Å²) in [6.07, 6.45) is 2.20. The van der Waals surface area contributed by atoms with E-state index in [0.29, 0.717) is 12.2 Å². The van der Waals surface area contributed by atoms with Crippen LogP contribution < -0.4 is 5.46 Å². The highest BCUT2D eigenvalue weighted by atomic mass is 19.4. The van der Waals surface area contributed by atoms with Crippen LogP contribution in [0.5, 0.6) is 0 Å². The topological polar surface area (TPSA) is 25.8 Å². The van der Waals surface area contributed by atoms with Gasteiger partial charge < -0.3 is 12.9 Å². The second kappa shape index (κ2) is 3.12. The predicted molar refractivity (Wildman–Crippen MR) is 40.1 cm³/mol. The van der Waals surface area contributed by atoms with E-state index < -0.39 is 12.4 Å². The molecule has 0 aliphatic rings. The van der Waals surface area contributed by atoms with Gasteiger partial charge in [-0.3, -0.25) is 0 Å². The van der Waals surface area contributed by atoms with Crippen LogP contribution in [-0.4, -0.2) is 16.9 Å². The van der Waals surface area contributed by atoms with Gasteiger partial charge in [0.05, 0.1) is 0 Å². The normalized spacial score (nSPS) is 11.7. The Balaban J connectivity index is 2.93. The van der Waals surface area contributed by atoms with Crippen molar-refractivity contribution < 1.29 is 12.9 Å². The molecular weight excluding hydrogens is 168 g/mol. The zero-order valence-corrected chi connectivity index (χ0v) is 6.47. The summed E-state index contributed by atoms with van der Waals surface area (Å²) >= 11 is 0. The van der Waals surface area contributed by atoms with Crippen molar-refractivity contribution in [2.75, 3.05) is 0 Å². The maximum absolute atomic E-state index is 12.0. The first-order valence-electron chi connectivity index (χ1n) is 3.54. The lowest BCUT2D eigenvalue weighted by molar-refractivity contribution is 0.500. The van der Waals surface area contributed by atoms with Crippen molar-refractivity contribution >= 4 is 12.4 Å². The fourth-order valence-corrected chi connectivity index (χ4v) is 0.716. The van der Waals surface area contributed by atoms with Crippen LogP contribution in [-0.2, 0) is 6.42 Å². The molecule has 0 bridgehead atoms. The number of hydrogen-bond donors (Lipinski definition) is 0. The highest BCUT2D eigenvalue weighted by molar-refractivity contribution is 6.73. The largest absolute Gasteiger partial charge is 0.512 e. The molecule has 6 heteroatoms. The standard InChI is InChI=1S/C6H7BF3N2/c1-2-6-11-3-5(4-12-6)7(8,9)10/h3-4H,2H2,1H3/q-1. The summed E-state index contributed by atoms with van der Waals surface area (Å²) in [5, 5.41) is 0. The summed E-state index contributed by atoms with van der Waals surface area (Å²) < 4.78 is 36.0. The molecule has 2 nitrogen and oxygen atoms in total. The summed E-state index contributed by atoms with van der Waals surface area (Å²) in [7, 11) is 0. The minimum Gasteiger partial charge on any atom is -0.445 e. The molecule has 12 heavy (non-hydrogen) atoms. The fraction of sp³-hybridized carbons (Fsp3) is 0.333. The van der Waals surface area contributed by atoms with Gasteiger partial charge in [-0.2, -0.15) is 0 Å². The van der Waals surface area contributed by atoms with Crippen LogP contribution in [0.4, 0.5) is 12.9 Å². The van der Waals surface area contributed by atoms with E-state index in [-0.39, 0.29) is 0 Å². The first-order chi connectivity index (χ1) is 5.54. The van der Waals surface area contributed by atoms with Gasteiger partial charge in [0.25, 0.3) is 0 Å². The van der Waals surface area contributed by atoms with Gasteiger partial charge in [-0.25, -0.2) is 9.97 Å². The molecule has 1 aromatic rings. The Bertz CT molecular complexity index is 256. The Kier molecular flexibility index (Phi) is 2.35. The maximum Gasteiger partial charge on any atom is 0.512 e. The summed E-state index contributed by atoms with van der Waals surface area (Å²) in [4.78, 5) is 7.10. The molecule has 0 N–H and O–H groups in total. The predicted octanol–water partition coefficient (Wildman–Crippen LogP) is 1.09. The third-order valence-corrected chi connectivity index (χ3v) is 1.42. The third-order valence-electron chi connectivity index (χ3n) is 1.42. The number of rotatable bonds is 2. The minimum atomic E-state index is -4.95. The van der Waals surface area contributed by atoms with Crippen molar-refractivity contribution in [2.45, 2.75) is 13.3 Å². The molecule has 0 amide bonds. The summed E-state index contributed by atoms with van der Waals surface area (Å²) in [5.41, 5.74) is -0.743. The van der Waals surface area contributed by atoms with Crippen LogP contribution in [0.1, 0.15) is 12.7 Å². The molecule has 1 heterocycles.